The summed E-state index contributed by atoms with van der Waals surface area (Å²) in [5, 5.41) is 0. The first-order valence-electron chi connectivity index (χ1n) is 8.00. The van der Waals surface area contributed by atoms with Gasteiger partial charge in [0, 0.05) is 37.4 Å². The smallest absolute Gasteiger partial charge is 0.245 e. The maximum Gasteiger partial charge on any atom is 0.245 e. The van der Waals surface area contributed by atoms with Crippen LogP contribution in [0.1, 0.15) is 17.3 Å². The van der Waals surface area contributed by atoms with Crippen LogP contribution in [-0.4, -0.2) is 28.8 Å². The molecular weight excluding hydrogens is 360 g/mol. The molecule has 1 aliphatic heterocycles. The minimum absolute atomic E-state index is 0.0626. The largest absolute Gasteiger partial charge is 0.348 e. The van der Waals surface area contributed by atoms with Gasteiger partial charge >= 0.3 is 0 Å². The lowest BCUT2D eigenvalue weighted by Crippen LogP contribution is -2.42. The Morgan fingerprint density at radius 3 is 2.62 bits per heavy atom. The summed E-state index contributed by atoms with van der Waals surface area (Å²) in [6.07, 6.45) is 4.62. The lowest BCUT2D eigenvalue weighted by atomic mass is 10.0. The summed E-state index contributed by atoms with van der Waals surface area (Å²) in [5.74, 6) is -1.98. The molecule has 8 heteroatoms. The molecule has 0 spiro atoms. The second kappa shape index (κ2) is 6.30. The molecule has 1 atom stereocenters. The highest BCUT2D eigenvalue weighted by molar-refractivity contribution is 7.89. The van der Waals surface area contributed by atoms with Gasteiger partial charge in [0.15, 0.2) is 11.6 Å². The number of benzene rings is 1. The van der Waals surface area contributed by atoms with E-state index in [0.717, 1.165) is 12.1 Å². The Morgan fingerprint density at radius 1 is 1.04 bits per heavy atom. The first kappa shape index (κ1) is 16.9. The minimum atomic E-state index is -3.86. The maximum absolute atomic E-state index is 13.8. The van der Waals surface area contributed by atoms with E-state index in [2.05, 4.69) is 4.98 Å². The van der Waals surface area contributed by atoms with E-state index in [1.54, 1.807) is 12.1 Å². The molecular formula is C18H15F2N3O2S. The van der Waals surface area contributed by atoms with E-state index in [9.17, 15) is 17.2 Å². The highest BCUT2D eigenvalue weighted by atomic mass is 32.2. The second-order valence-electron chi connectivity index (χ2n) is 6.01. The third-order valence-electron chi connectivity index (χ3n) is 4.49. The zero-order valence-electron chi connectivity index (χ0n) is 13.6. The van der Waals surface area contributed by atoms with Crippen molar-refractivity contribution >= 4 is 10.0 Å². The van der Waals surface area contributed by atoms with Crippen molar-refractivity contribution < 1.29 is 17.2 Å². The van der Waals surface area contributed by atoms with E-state index >= 15 is 0 Å². The zero-order chi connectivity index (χ0) is 18.3. The highest BCUT2D eigenvalue weighted by Crippen LogP contribution is 2.36. The van der Waals surface area contributed by atoms with Gasteiger partial charge in [-0.2, -0.15) is 4.31 Å². The lowest BCUT2D eigenvalue weighted by Gasteiger charge is -2.36. The van der Waals surface area contributed by atoms with Gasteiger partial charge in [0.2, 0.25) is 10.0 Å². The van der Waals surface area contributed by atoms with Crippen molar-refractivity contribution in [2.45, 2.75) is 17.5 Å². The number of hydrogen-bond acceptors (Lipinski definition) is 3. The first-order valence-corrected chi connectivity index (χ1v) is 9.44. The van der Waals surface area contributed by atoms with Gasteiger partial charge in [0.05, 0.1) is 6.04 Å². The number of aromatic nitrogens is 2. The number of fused-ring (bicyclic) bond motifs is 1. The summed E-state index contributed by atoms with van der Waals surface area (Å²) in [7, 11) is -3.86. The fraction of sp³-hybridized carbons (Fsp3) is 0.167. The third kappa shape index (κ3) is 2.71. The summed E-state index contributed by atoms with van der Waals surface area (Å²) in [5.41, 5.74) is 1.07. The number of halogens is 2. The molecule has 0 aliphatic carbocycles. The van der Waals surface area contributed by atoms with E-state index in [1.807, 2.05) is 16.8 Å². The Balaban J connectivity index is 1.87. The van der Waals surface area contributed by atoms with E-state index in [1.165, 1.54) is 28.8 Å². The third-order valence-corrected chi connectivity index (χ3v) is 6.34. The summed E-state index contributed by atoms with van der Waals surface area (Å²) >= 11 is 0. The Kier molecular flexibility index (Phi) is 4.08. The molecule has 0 saturated carbocycles. The molecule has 3 aromatic rings. The molecule has 134 valence electrons. The molecule has 0 saturated heterocycles. The molecule has 26 heavy (non-hydrogen) atoms. The molecule has 1 aliphatic rings. The van der Waals surface area contributed by atoms with Crippen LogP contribution in [0.25, 0.3) is 0 Å². The fourth-order valence-corrected chi connectivity index (χ4v) is 4.82. The number of rotatable bonds is 3. The summed E-state index contributed by atoms with van der Waals surface area (Å²) in [6.45, 7) is 0.685. The lowest BCUT2D eigenvalue weighted by molar-refractivity contribution is 0.297. The number of sulfonamides is 1. The Bertz CT molecular complexity index is 1050. The molecule has 0 bridgehead atoms. The van der Waals surface area contributed by atoms with Crippen LogP contribution in [0.5, 0.6) is 0 Å². The van der Waals surface area contributed by atoms with Gasteiger partial charge in [-0.1, -0.05) is 6.07 Å². The minimum Gasteiger partial charge on any atom is -0.348 e. The van der Waals surface area contributed by atoms with Crippen LogP contribution in [0.2, 0.25) is 0 Å². The SMILES string of the molecule is O=S(=O)(c1cccnc1)N1CCn2cccc2C1c1ccc(F)c(F)c1. The number of pyridine rings is 1. The average molecular weight is 375 g/mol. The van der Waals surface area contributed by atoms with Crippen molar-refractivity contribution in [3.05, 3.63) is 83.9 Å². The average Bonchev–Trinajstić information content (AvgIpc) is 3.13. The Labute approximate surface area is 149 Å². The monoisotopic (exact) mass is 375 g/mol. The standard InChI is InChI=1S/C18H15F2N3O2S/c19-15-6-5-13(11-16(15)20)18-17-4-2-8-22(17)9-10-23(18)26(24,25)14-3-1-7-21-12-14/h1-8,11-12,18H,9-10H2. The predicted molar refractivity (Wildman–Crippen MR) is 90.8 cm³/mol. The number of nitrogens with zero attached hydrogens (tertiary/aromatic N) is 3. The topological polar surface area (TPSA) is 55.2 Å². The summed E-state index contributed by atoms with van der Waals surface area (Å²) in [4.78, 5) is 3.95. The van der Waals surface area contributed by atoms with E-state index in [-0.39, 0.29) is 11.4 Å². The van der Waals surface area contributed by atoms with Crippen LogP contribution in [0.15, 0.2) is 66.0 Å². The van der Waals surface area contributed by atoms with Crippen molar-refractivity contribution in [1.82, 2.24) is 13.9 Å². The summed E-state index contributed by atoms with van der Waals surface area (Å²) < 4.78 is 56.8. The fourth-order valence-electron chi connectivity index (χ4n) is 3.28. The first-order chi connectivity index (χ1) is 12.5. The van der Waals surface area contributed by atoms with Gasteiger partial charge in [-0.3, -0.25) is 4.98 Å². The van der Waals surface area contributed by atoms with Crippen molar-refractivity contribution in [1.29, 1.82) is 0 Å². The van der Waals surface area contributed by atoms with Crippen molar-refractivity contribution in [2.24, 2.45) is 0 Å². The van der Waals surface area contributed by atoms with Crippen molar-refractivity contribution in [2.75, 3.05) is 6.54 Å². The molecule has 1 aromatic carbocycles. The molecule has 0 amide bonds. The van der Waals surface area contributed by atoms with Gasteiger partial charge in [-0.05, 0) is 42.0 Å². The molecule has 0 N–H and O–H groups in total. The molecule has 4 rings (SSSR count). The molecule has 0 radical (unpaired) electrons. The van der Waals surface area contributed by atoms with Crippen molar-refractivity contribution in [3.63, 3.8) is 0 Å². The molecule has 1 unspecified atom stereocenters. The predicted octanol–water partition coefficient (Wildman–Crippen LogP) is 2.96. The summed E-state index contributed by atoms with van der Waals surface area (Å²) in [6, 6.07) is 9.34. The van der Waals surface area contributed by atoms with Gasteiger partial charge < -0.3 is 4.57 Å². The zero-order valence-corrected chi connectivity index (χ0v) is 14.4. The van der Waals surface area contributed by atoms with E-state index in [0.29, 0.717) is 17.8 Å². The van der Waals surface area contributed by atoms with Crippen molar-refractivity contribution in [3.8, 4) is 0 Å². The normalized spacial score (nSPS) is 17.8. The maximum atomic E-state index is 13.8. The molecule has 0 fully saturated rings. The van der Waals surface area contributed by atoms with Gasteiger partial charge in [-0.25, -0.2) is 17.2 Å². The molecule has 5 nitrogen and oxygen atoms in total. The van der Waals surface area contributed by atoms with Gasteiger partial charge in [0.25, 0.3) is 0 Å². The van der Waals surface area contributed by atoms with Crippen LogP contribution in [0.3, 0.4) is 0 Å². The van der Waals surface area contributed by atoms with E-state index in [4.69, 9.17) is 0 Å². The Morgan fingerprint density at radius 2 is 1.88 bits per heavy atom. The second-order valence-corrected chi connectivity index (χ2v) is 7.90. The van der Waals surface area contributed by atoms with Crippen LogP contribution in [0.4, 0.5) is 8.78 Å². The van der Waals surface area contributed by atoms with Crippen LogP contribution >= 0.6 is 0 Å². The van der Waals surface area contributed by atoms with Gasteiger partial charge in [-0.15, -0.1) is 0 Å². The van der Waals surface area contributed by atoms with E-state index < -0.39 is 27.7 Å². The Hall–Kier alpha value is -2.58. The van der Waals surface area contributed by atoms with Crippen LogP contribution in [0, 0.1) is 11.6 Å². The van der Waals surface area contributed by atoms with Crippen LogP contribution in [-0.2, 0) is 16.6 Å². The quantitative estimate of drug-likeness (QED) is 0.707. The highest BCUT2D eigenvalue weighted by Gasteiger charge is 2.38. The molecule has 3 heterocycles. The van der Waals surface area contributed by atoms with Crippen LogP contribution < -0.4 is 0 Å². The number of hydrogen-bond donors (Lipinski definition) is 0. The molecule has 2 aromatic heterocycles. The van der Waals surface area contributed by atoms with Gasteiger partial charge in [0.1, 0.15) is 4.90 Å².